The van der Waals surface area contributed by atoms with E-state index in [1.54, 1.807) is 0 Å². The second kappa shape index (κ2) is 7.01. The van der Waals surface area contributed by atoms with Crippen LogP contribution in [0.4, 0.5) is 17.1 Å². The molecule has 33 heavy (non-hydrogen) atoms. The molecule has 0 unspecified atom stereocenters. The van der Waals surface area contributed by atoms with Crippen molar-refractivity contribution in [3.05, 3.63) is 115 Å². The van der Waals surface area contributed by atoms with Gasteiger partial charge in [-0.15, -0.1) is 0 Å². The predicted molar refractivity (Wildman–Crippen MR) is 136 cm³/mol. The zero-order chi connectivity index (χ0) is 21.8. The van der Waals surface area contributed by atoms with Gasteiger partial charge in [-0.05, 0) is 42.5 Å². The molecular formula is C30H19NO2. The molecule has 0 saturated heterocycles. The lowest BCUT2D eigenvalue weighted by Crippen LogP contribution is -2.10. The van der Waals surface area contributed by atoms with E-state index in [-0.39, 0.29) is 0 Å². The van der Waals surface area contributed by atoms with Crippen LogP contribution in [-0.4, -0.2) is 0 Å². The highest BCUT2D eigenvalue weighted by Gasteiger charge is 2.25. The van der Waals surface area contributed by atoms with Crippen LogP contribution in [0.25, 0.3) is 43.9 Å². The fourth-order valence-electron chi connectivity index (χ4n) is 4.81. The number of para-hydroxylation sites is 4. The first-order valence-electron chi connectivity index (χ1n) is 11.0. The molecule has 0 aliphatic rings. The second-order valence-electron chi connectivity index (χ2n) is 8.18. The van der Waals surface area contributed by atoms with E-state index in [9.17, 15) is 0 Å². The average molecular weight is 425 g/mol. The van der Waals surface area contributed by atoms with E-state index in [4.69, 9.17) is 8.83 Å². The van der Waals surface area contributed by atoms with Gasteiger partial charge in [0.1, 0.15) is 22.4 Å². The van der Waals surface area contributed by atoms with E-state index >= 15 is 0 Å². The molecular weight excluding hydrogens is 406 g/mol. The predicted octanol–water partition coefficient (Wildman–Crippen LogP) is 8.96. The Kier molecular flexibility index (Phi) is 3.84. The fourth-order valence-corrected chi connectivity index (χ4v) is 4.81. The standard InChI is InChI=1S/C30H19NO2/c1-3-11-20(12-4-1)31(21-13-5-2-6-14-21)29-28-23-16-8-10-18-26(23)32-27(28)19-24-22-15-7-9-17-25(22)33-30(24)29/h1-19H. The van der Waals surface area contributed by atoms with E-state index in [0.717, 1.165) is 60.9 Å². The highest BCUT2D eigenvalue weighted by molar-refractivity contribution is 6.24. The van der Waals surface area contributed by atoms with Crippen molar-refractivity contribution in [2.24, 2.45) is 0 Å². The third-order valence-corrected chi connectivity index (χ3v) is 6.24. The summed E-state index contributed by atoms with van der Waals surface area (Å²) >= 11 is 0. The van der Waals surface area contributed by atoms with Crippen molar-refractivity contribution in [3.63, 3.8) is 0 Å². The van der Waals surface area contributed by atoms with Crippen molar-refractivity contribution in [2.45, 2.75) is 0 Å². The van der Waals surface area contributed by atoms with Crippen LogP contribution in [0.3, 0.4) is 0 Å². The first-order chi connectivity index (χ1) is 16.4. The fraction of sp³-hybridized carbons (Fsp3) is 0. The van der Waals surface area contributed by atoms with E-state index in [0.29, 0.717) is 0 Å². The molecule has 0 atom stereocenters. The van der Waals surface area contributed by atoms with Gasteiger partial charge in [0.25, 0.3) is 0 Å². The molecule has 0 aliphatic heterocycles. The van der Waals surface area contributed by atoms with Crippen LogP contribution in [0.1, 0.15) is 0 Å². The maximum Gasteiger partial charge on any atom is 0.160 e. The summed E-state index contributed by atoms with van der Waals surface area (Å²) in [5.74, 6) is 0. The molecule has 2 aromatic heterocycles. The minimum Gasteiger partial charge on any atom is -0.456 e. The molecule has 7 aromatic rings. The van der Waals surface area contributed by atoms with Crippen LogP contribution in [0.5, 0.6) is 0 Å². The number of rotatable bonds is 3. The Balaban J connectivity index is 1.72. The molecule has 0 amide bonds. The number of nitrogens with zero attached hydrogens (tertiary/aromatic N) is 1. The van der Waals surface area contributed by atoms with Gasteiger partial charge >= 0.3 is 0 Å². The molecule has 156 valence electrons. The van der Waals surface area contributed by atoms with E-state index < -0.39 is 0 Å². The lowest BCUT2D eigenvalue weighted by atomic mass is 10.0. The molecule has 0 radical (unpaired) electrons. The van der Waals surface area contributed by atoms with Crippen LogP contribution in [-0.2, 0) is 0 Å². The minimum atomic E-state index is 0.849. The summed E-state index contributed by atoms with van der Waals surface area (Å²) in [4.78, 5) is 2.27. The molecule has 5 aromatic carbocycles. The van der Waals surface area contributed by atoms with Crippen LogP contribution in [0.2, 0.25) is 0 Å². The van der Waals surface area contributed by atoms with Crippen molar-refractivity contribution < 1.29 is 8.83 Å². The van der Waals surface area contributed by atoms with Gasteiger partial charge in [0.2, 0.25) is 0 Å². The molecule has 0 spiro atoms. The number of fused-ring (bicyclic) bond motifs is 6. The molecule has 0 bridgehead atoms. The summed E-state index contributed by atoms with van der Waals surface area (Å²) in [5.41, 5.74) is 6.54. The summed E-state index contributed by atoms with van der Waals surface area (Å²) in [7, 11) is 0. The summed E-state index contributed by atoms with van der Waals surface area (Å²) in [6.07, 6.45) is 0. The van der Waals surface area contributed by atoms with Gasteiger partial charge < -0.3 is 13.7 Å². The van der Waals surface area contributed by atoms with E-state index in [1.165, 1.54) is 0 Å². The van der Waals surface area contributed by atoms with Gasteiger partial charge in [-0.2, -0.15) is 0 Å². The zero-order valence-corrected chi connectivity index (χ0v) is 17.7. The average Bonchev–Trinajstić information content (AvgIpc) is 3.43. The summed E-state index contributed by atoms with van der Waals surface area (Å²) in [6, 6.07) is 39.4. The first kappa shape index (κ1) is 18.1. The van der Waals surface area contributed by atoms with E-state index in [1.807, 2.05) is 42.5 Å². The van der Waals surface area contributed by atoms with E-state index in [2.05, 4.69) is 77.7 Å². The van der Waals surface area contributed by atoms with Crippen molar-refractivity contribution in [1.29, 1.82) is 0 Å². The summed E-state index contributed by atoms with van der Waals surface area (Å²) in [6.45, 7) is 0. The maximum atomic E-state index is 6.55. The van der Waals surface area contributed by atoms with Crippen LogP contribution < -0.4 is 4.90 Å². The Hall–Kier alpha value is -4.50. The number of hydrogen-bond acceptors (Lipinski definition) is 3. The molecule has 0 fully saturated rings. The Morgan fingerprint density at radius 2 is 1.00 bits per heavy atom. The first-order valence-corrected chi connectivity index (χ1v) is 11.0. The highest BCUT2D eigenvalue weighted by Crippen LogP contribution is 2.48. The summed E-state index contributed by atoms with van der Waals surface area (Å²) in [5, 5.41) is 4.24. The summed E-state index contributed by atoms with van der Waals surface area (Å²) < 4.78 is 12.9. The molecule has 0 saturated carbocycles. The number of hydrogen-bond donors (Lipinski definition) is 0. The largest absolute Gasteiger partial charge is 0.456 e. The third kappa shape index (κ3) is 2.69. The molecule has 7 rings (SSSR count). The Morgan fingerprint density at radius 3 is 1.67 bits per heavy atom. The lowest BCUT2D eigenvalue weighted by Gasteiger charge is -2.26. The Morgan fingerprint density at radius 1 is 0.455 bits per heavy atom. The minimum absolute atomic E-state index is 0.849. The van der Waals surface area contributed by atoms with Crippen LogP contribution in [0.15, 0.2) is 124 Å². The van der Waals surface area contributed by atoms with Crippen LogP contribution >= 0.6 is 0 Å². The molecule has 0 N–H and O–H groups in total. The number of benzene rings is 5. The SMILES string of the molecule is c1ccc(N(c2ccccc2)c2c3oc4ccccc4c3cc3oc4ccccc4c23)cc1. The van der Waals surface area contributed by atoms with Crippen molar-refractivity contribution in [3.8, 4) is 0 Å². The lowest BCUT2D eigenvalue weighted by molar-refractivity contribution is 0.664. The highest BCUT2D eigenvalue weighted by atomic mass is 16.3. The molecule has 3 heteroatoms. The zero-order valence-electron chi connectivity index (χ0n) is 17.7. The van der Waals surface area contributed by atoms with Crippen molar-refractivity contribution in [1.82, 2.24) is 0 Å². The monoisotopic (exact) mass is 425 g/mol. The van der Waals surface area contributed by atoms with Gasteiger partial charge in [0.05, 0.1) is 5.39 Å². The van der Waals surface area contributed by atoms with Crippen molar-refractivity contribution in [2.75, 3.05) is 4.90 Å². The van der Waals surface area contributed by atoms with Gasteiger partial charge in [0.15, 0.2) is 5.58 Å². The topological polar surface area (TPSA) is 29.5 Å². The normalized spacial score (nSPS) is 11.6. The quantitative estimate of drug-likeness (QED) is 0.283. The Labute approximate surface area is 190 Å². The van der Waals surface area contributed by atoms with Gasteiger partial charge in [-0.1, -0.05) is 72.8 Å². The number of anilines is 3. The van der Waals surface area contributed by atoms with Crippen LogP contribution in [0, 0.1) is 0 Å². The number of furan rings is 2. The van der Waals surface area contributed by atoms with Gasteiger partial charge in [0, 0.05) is 27.5 Å². The second-order valence-corrected chi connectivity index (χ2v) is 8.18. The van der Waals surface area contributed by atoms with Crippen molar-refractivity contribution >= 4 is 60.9 Å². The third-order valence-electron chi connectivity index (χ3n) is 6.24. The van der Waals surface area contributed by atoms with Gasteiger partial charge in [-0.25, -0.2) is 0 Å². The maximum absolute atomic E-state index is 6.55. The molecule has 3 nitrogen and oxygen atoms in total. The molecule has 2 heterocycles. The molecule has 0 aliphatic carbocycles. The smallest absolute Gasteiger partial charge is 0.160 e. The van der Waals surface area contributed by atoms with Gasteiger partial charge in [-0.3, -0.25) is 0 Å². The Bertz CT molecular complexity index is 1720.